The second-order valence-electron chi connectivity index (χ2n) is 5.18. The predicted molar refractivity (Wildman–Crippen MR) is 71.0 cm³/mol. The van der Waals surface area contributed by atoms with E-state index in [1.54, 1.807) is 6.20 Å². The molecule has 17 heavy (non-hydrogen) atoms. The fourth-order valence-corrected chi connectivity index (χ4v) is 2.89. The van der Waals surface area contributed by atoms with Gasteiger partial charge in [0.15, 0.2) is 5.82 Å². The molecular formula is C12H19ClN4. The third-order valence-corrected chi connectivity index (χ3v) is 3.56. The van der Waals surface area contributed by atoms with Gasteiger partial charge in [0, 0.05) is 6.04 Å². The highest BCUT2D eigenvalue weighted by molar-refractivity contribution is 6.32. The van der Waals surface area contributed by atoms with Crippen LogP contribution in [0.2, 0.25) is 5.02 Å². The fraction of sp³-hybridized carbons (Fsp3) is 0.667. The molecule has 94 valence electrons. The number of hydrogen-bond acceptors (Lipinski definition) is 4. The van der Waals surface area contributed by atoms with Crippen molar-refractivity contribution in [1.29, 1.82) is 0 Å². The van der Waals surface area contributed by atoms with Crippen LogP contribution in [0.3, 0.4) is 0 Å². The Kier molecular flexibility index (Phi) is 3.72. The van der Waals surface area contributed by atoms with Gasteiger partial charge in [0.05, 0.1) is 6.20 Å². The molecule has 1 saturated carbocycles. The summed E-state index contributed by atoms with van der Waals surface area (Å²) in [6.45, 7) is 4.58. The fourth-order valence-electron chi connectivity index (χ4n) is 2.74. The van der Waals surface area contributed by atoms with E-state index in [4.69, 9.17) is 17.3 Å². The van der Waals surface area contributed by atoms with E-state index >= 15 is 0 Å². The zero-order valence-corrected chi connectivity index (χ0v) is 11.0. The van der Waals surface area contributed by atoms with Gasteiger partial charge in [0.1, 0.15) is 5.02 Å². The highest BCUT2D eigenvalue weighted by Crippen LogP contribution is 2.31. The Balaban J connectivity index is 2.07. The quantitative estimate of drug-likeness (QED) is 0.852. The van der Waals surface area contributed by atoms with Crippen LogP contribution in [-0.4, -0.2) is 16.0 Å². The Bertz CT molecular complexity index is 386. The van der Waals surface area contributed by atoms with Crippen LogP contribution in [0.4, 0.5) is 11.8 Å². The maximum absolute atomic E-state index is 6.05. The van der Waals surface area contributed by atoms with Gasteiger partial charge >= 0.3 is 0 Å². The minimum absolute atomic E-state index is 0.258. The van der Waals surface area contributed by atoms with E-state index in [1.165, 1.54) is 6.42 Å². The predicted octanol–water partition coefficient (Wildman–Crippen LogP) is 2.95. The molecule has 0 radical (unpaired) electrons. The summed E-state index contributed by atoms with van der Waals surface area (Å²) in [7, 11) is 0. The second kappa shape index (κ2) is 5.08. The third-order valence-electron chi connectivity index (χ3n) is 3.28. The summed E-state index contributed by atoms with van der Waals surface area (Å²) >= 11 is 6.05. The van der Waals surface area contributed by atoms with Crippen LogP contribution in [0.25, 0.3) is 0 Å². The molecule has 2 unspecified atom stereocenters. The lowest BCUT2D eigenvalue weighted by Gasteiger charge is -2.32. The maximum Gasteiger partial charge on any atom is 0.222 e. The van der Waals surface area contributed by atoms with Crippen molar-refractivity contribution in [2.75, 3.05) is 11.1 Å². The molecule has 1 aliphatic carbocycles. The topological polar surface area (TPSA) is 63.8 Å². The molecule has 1 aliphatic rings. The molecule has 3 N–H and O–H groups in total. The number of halogens is 1. The highest BCUT2D eigenvalue weighted by atomic mass is 35.5. The van der Waals surface area contributed by atoms with Crippen LogP contribution < -0.4 is 11.1 Å². The molecule has 5 heteroatoms. The first-order valence-electron chi connectivity index (χ1n) is 6.09. The first kappa shape index (κ1) is 12.4. The highest BCUT2D eigenvalue weighted by Gasteiger charge is 2.24. The largest absolute Gasteiger partial charge is 0.368 e. The van der Waals surface area contributed by atoms with Crippen molar-refractivity contribution in [1.82, 2.24) is 9.97 Å². The van der Waals surface area contributed by atoms with Crippen LogP contribution in [-0.2, 0) is 0 Å². The molecule has 0 bridgehead atoms. The van der Waals surface area contributed by atoms with Gasteiger partial charge in [-0.2, -0.15) is 4.98 Å². The molecule has 1 fully saturated rings. The van der Waals surface area contributed by atoms with Crippen molar-refractivity contribution < 1.29 is 0 Å². The average Bonchev–Trinajstić information content (AvgIpc) is 2.22. The average molecular weight is 255 g/mol. The first-order chi connectivity index (χ1) is 8.04. The van der Waals surface area contributed by atoms with Crippen molar-refractivity contribution >= 4 is 23.4 Å². The standard InChI is InChI=1S/C12H19ClN4/c1-7-3-8(2)5-9(4-7)16-11-10(13)6-15-12(14)17-11/h6-9H,3-5H2,1-2H3,(H3,14,15,16,17). The van der Waals surface area contributed by atoms with Crippen LogP contribution in [0, 0.1) is 11.8 Å². The summed E-state index contributed by atoms with van der Waals surface area (Å²) in [5.41, 5.74) is 5.57. The number of nitrogen functional groups attached to an aromatic ring is 1. The Labute approximate surface area is 107 Å². The minimum Gasteiger partial charge on any atom is -0.368 e. The Morgan fingerprint density at radius 1 is 1.29 bits per heavy atom. The minimum atomic E-state index is 0.258. The van der Waals surface area contributed by atoms with Gasteiger partial charge in [0.2, 0.25) is 5.95 Å². The lowest BCUT2D eigenvalue weighted by molar-refractivity contribution is 0.280. The summed E-state index contributed by atoms with van der Waals surface area (Å²) in [5, 5.41) is 3.92. The molecule has 1 aromatic rings. The van der Waals surface area contributed by atoms with E-state index in [0.29, 0.717) is 16.9 Å². The lowest BCUT2D eigenvalue weighted by Crippen LogP contribution is -2.30. The number of aromatic nitrogens is 2. The van der Waals surface area contributed by atoms with E-state index in [9.17, 15) is 0 Å². The third kappa shape index (κ3) is 3.22. The molecule has 0 aromatic carbocycles. The molecular weight excluding hydrogens is 236 g/mol. The number of nitrogens with zero attached hydrogens (tertiary/aromatic N) is 2. The van der Waals surface area contributed by atoms with Crippen molar-refractivity contribution in [3.8, 4) is 0 Å². The number of hydrogen-bond donors (Lipinski definition) is 2. The van der Waals surface area contributed by atoms with E-state index in [2.05, 4.69) is 29.1 Å². The normalized spacial score (nSPS) is 29.0. The Morgan fingerprint density at radius 2 is 1.94 bits per heavy atom. The lowest BCUT2D eigenvalue weighted by atomic mass is 9.80. The number of anilines is 2. The molecule has 0 amide bonds. The zero-order chi connectivity index (χ0) is 12.4. The first-order valence-corrected chi connectivity index (χ1v) is 6.47. The molecule has 2 atom stereocenters. The van der Waals surface area contributed by atoms with Gasteiger partial charge in [-0.1, -0.05) is 25.4 Å². The molecule has 2 rings (SSSR count). The summed E-state index contributed by atoms with van der Waals surface area (Å²) in [6, 6.07) is 0.431. The van der Waals surface area contributed by atoms with E-state index < -0.39 is 0 Å². The summed E-state index contributed by atoms with van der Waals surface area (Å²) < 4.78 is 0. The molecule has 0 spiro atoms. The Hall–Kier alpha value is -1.03. The SMILES string of the molecule is CC1CC(C)CC(Nc2nc(N)ncc2Cl)C1. The zero-order valence-electron chi connectivity index (χ0n) is 10.3. The van der Waals surface area contributed by atoms with E-state index in [1.807, 2.05) is 0 Å². The molecule has 1 heterocycles. The molecule has 1 aromatic heterocycles. The number of nitrogens with two attached hydrogens (primary N) is 1. The van der Waals surface area contributed by atoms with E-state index in [0.717, 1.165) is 24.7 Å². The van der Waals surface area contributed by atoms with Crippen LogP contribution in [0.15, 0.2) is 6.20 Å². The van der Waals surface area contributed by atoms with Crippen LogP contribution in [0.1, 0.15) is 33.1 Å². The monoisotopic (exact) mass is 254 g/mol. The molecule has 0 saturated heterocycles. The van der Waals surface area contributed by atoms with Gasteiger partial charge in [-0.25, -0.2) is 4.98 Å². The van der Waals surface area contributed by atoms with Crippen molar-refractivity contribution in [3.63, 3.8) is 0 Å². The van der Waals surface area contributed by atoms with Gasteiger partial charge in [-0.3, -0.25) is 0 Å². The smallest absolute Gasteiger partial charge is 0.222 e. The van der Waals surface area contributed by atoms with Gasteiger partial charge in [-0.05, 0) is 31.1 Å². The Morgan fingerprint density at radius 3 is 2.59 bits per heavy atom. The van der Waals surface area contributed by atoms with Crippen molar-refractivity contribution in [2.24, 2.45) is 11.8 Å². The summed E-state index contributed by atoms with van der Waals surface area (Å²) in [6.07, 6.45) is 5.16. The van der Waals surface area contributed by atoms with E-state index in [-0.39, 0.29) is 5.95 Å². The van der Waals surface area contributed by atoms with Crippen LogP contribution in [0.5, 0.6) is 0 Å². The molecule has 4 nitrogen and oxygen atoms in total. The maximum atomic E-state index is 6.05. The van der Waals surface area contributed by atoms with Gasteiger partial charge < -0.3 is 11.1 Å². The number of nitrogens with one attached hydrogen (secondary N) is 1. The van der Waals surface area contributed by atoms with Gasteiger partial charge in [-0.15, -0.1) is 0 Å². The summed E-state index contributed by atoms with van der Waals surface area (Å²) in [4.78, 5) is 8.00. The molecule has 0 aliphatic heterocycles. The van der Waals surface area contributed by atoms with Gasteiger partial charge in [0.25, 0.3) is 0 Å². The summed E-state index contributed by atoms with van der Waals surface area (Å²) in [5.74, 6) is 2.41. The second-order valence-corrected chi connectivity index (χ2v) is 5.59. The van der Waals surface area contributed by atoms with Crippen molar-refractivity contribution in [3.05, 3.63) is 11.2 Å². The number of rotatable bonds is 2. The van der Waals surface area contributed by atoms with Crippen LogP contribution >= 0.6 is 11.6 Å². The van der Waals surface area contributed by atoms with Crippen molar-refractivity contribution in [2.45, 2.75) is 39.2 Å².